The van der Waals surface area contributed by atoms with Crippen molar-refractivity contribution in [3.8, 4) is 0 Å². The number of amides is 2. The molecule has 2 unspecified atom stereocenters. The van der Waals surface area contributed by atoms with Crippen molar-refractivity contribution >= 4 is 23.2 Å². The van der Waals surface area contributed by atoms with E-state index in [0.717, 1.165) is 36.2 Å². The Morgan fingerprint density at radius 2 is 1.96 bits per heavy atom. The zero-order valence-electron chi connectivity index (χ0n) is 17.0. The summed E-state index contributed by atoms with van der Waals surface area (Å²) in [6.45, 7) is 7.64. The Hall–Kier alpha value is -2.14. The first kappa shape index (κ1) is 20.6. The average molecular weight is 399 g/mol. The second-order valence-corrected chi connectivity index (χ2v) is 8.84. The number of benzene rings is 1. The molecule has 1 aromatic carbocycles. The number of nitrogens with one attached hydrogen (secondary N) is 1. The van der Waals surface area contributed by atoms with Crippen LogP contribution in [0.5, 0.6) is 0 Å². The summed E-state index contributed by atoms with van der Waals surface area (Å²) in [5, 5.41) is 5.17. The lowest BCUT2D eigenvalue weighted by molar-refractivity contribution is -0.127. The van der Waals surface area contributed by atoms with Gasteiger partial charge >= 0.3 is 0 Å². The molecule has 1 aromatic heterocycles. The summed E-state index contributed by atoms with van der Waals surface area (Å²) in [7, 11) is 0. The minimum Gasteiger partial charge on any atom is -0.349 e. The molecule has 3 rings (SSSR count). The van der Waals surface area contributed by atoms with Gasteiger partial charge in [0.05, 0.1) is 16.8 Å². The molecule has 2 aromatic rings. The number of hydrogen-bond acceptors (Lipinski definition) is 3. The summed E-state index contributed by atoms with van der Waals surface area (Å²) < 4.78 is 0. The molecule has 1 aliphatic rings. The predicted octanol–water partition coefficient (Wildman–Crippen LogP) is 4.68. The van der Waals surface area contributed by atoms with E-state index in [9.17, 15) is 9.59 Å². The number of aryl methyl sites for hydroxylation is 1. The molecular formula is C23H30N2O2S. The second-order valence-electron chi connectivity index (χ2n) is 7.89. The molecule has 28 heavy (non-hydrogen) atoms. The smallest absolute Gasteiger partial charge is 0.263 e. The van der Waals surface area contributed by atoms with Crippen molar-refractivity contribution in [2.75, 3.05) is 13.1 Å². The van der Waals surface area contributed by atoms with Crippen LogP contribution in [0.4, 0.5) is 0 Å². The first-order chi connectivity index (χ1) is 13.5. The molecule has 0 radical (unpaired) electrons. The van der Waals surface area contributed by atoms with Crippen molar-refractivity contribution in [2.45, 2.75) is 46.1 Å². The van der Waals surface area contributed by atoms with E-state index >= 15 is 0 Å². The number of piperidine rings is 1. The maximum absolute atomic E-state index is 13.0. The largest absolute Gasteiger partial charge is 0.349 e. The highest BCUT2D eigenvalue weighted by Crippen LogP contribution is 2.25. The van der Waals surface area contributed by atoms with Crippen LogP contribution in [-0.4, -0.2) is 29.8 Å². The van der Waals surface area contributed by atoms with Crippen LogP contribution in [-0.2, 0) is 11.2 Å². The number of carbonyl (C=O) groups is 2. The van der Waals surface area contributed by atoms with E-state index in [0.29, 0.717) is 12.5 Å². The monoisotopic (exact) mass is 398 g/mol. The molecule has 0 bridgehead atoms. The Morgan fingerprint density at radius 1 is 1.21 bits per heavy atom. The Morgan fingerprint density at radius 3 is 2.57 bits per heavy atom. The third kappa shape index (κ3) is 4.82. The number of likely N-dealkylation sites (tertiary alicyclic amines) is 1. The fourth-order valence-corrected chi connectivity index (χ4v) is 4.49. The zero-order chi connectivity index (χ0) is 20.1. The number of carbonyl (C=O) groups excluding carboxylic acids is 2. The van der Waals surface area contributed by atoms with E-state index < -0.39 is 0 Å². The van der Waals surface area contributed by atoms with Gasteiger partial charge in [0.2, 0.25) is 5.91 Å². The van der Waals surface area contributed by atoms with Gasteiger partial charge in [0, 0.05) is 13.1 Å². The van der Waals surface area contributed by atoms with Gasteiger partial charge in [0.15, 0.2) is 0 Å². The van der Waals surface area contributed by atoms with Crippen LogP contribution in [0.2, 0.25) is 0 Å². The number of nitrogens with zero attached hydrogens (tertiary/aromatic N) is 1. The van der Waals surface area contributed by atoms with Gasteiger partial charge in [-0.15, -0.1) is 11.3 Å². The van der Waals surface area contributed by atoms with Crippen LogP contribution in [0, 0.1) is 11.8 Å². The summed E-state index contributed by atoms with van der Waals surface area (Å²) in [6, 6.07) is 12.3. The number of thiophene rings is 1. The topological polar surface area (TPSA) is 49.4 Å². The molecule has 5 heteroatoms. The summed E-state index contributed by atoms with van der Waals surface area (Å²) in [5.74, 6) is 0.253. The van der Waals surface area contributed by atoms with Crippen LogP contribution in [0.25, 0.3) is 0 Å². The standard InChI is InChI=1S/C23H30N2O2S/c1-4-17-9-11-18(12-10-17)21(16(2)3)24-22(26)19-7-5-13-25(15-19)23(27)20-8-6-14-28-20/h6,8-12,14,16,19,21H,4-5,7,13,15H2,1-3H3,(H,24,26). The molecule has 2 amide bonds. The number of rotatable bonds is 6. The first-order valence-corrected chi connectivity index (χ1v) is 11.1. The van der Waals surface area contributed by atoms with E-state index in [-0.39, 0.29) is 23.8 Å². The molecule has 0 spiro atoms. The Kier molecular flexibility index (Phi) is 6.89. The normalized spacial score (nSPS) is 18.1. The van der Waals surface area contributed by atoms with Crippen molar-refractivity contribution in [3.05, 3.63) is 57.8 Å². The predicted molar refractivity (Wildman–Crippen MR) is 114 cm³/mol. The Bertz CT molecular complexity index is 783. The van der Waals surface area contributed by atoms with Crippen molar-refractivity contribution in [1.29, 1.82) is 0 Å². The summed E-state index contributed by atoms with van der Waals surface area (Å²) in [4.78, 5) is 28.2. The van der Waals surface area contributed by atoms with Crippen LogP contribution in [0.3, 0.4) is 0 Å². The molecule has 2 heterocycles. The molecule has 1 fully saturated rings. The highest BCUT2D eigenvalue weighted by Gasteiger charge is 2.31. The Balaban J connectivity index is 1.66. The van der Waals surface area contributed by atoms with Crippen molar-refractivity contribution in [2.24, 2.45) is 11.8 Å². The maximum atomic E-state index is 13.0. The summed E-state index contributed by atoms with van der Waals surface area (Å²) >= 11 is 1.46. The lowest BCUT2D eigenvalue weighted by atomic mass is 9.92. The van der Waals surface area contributed by atoms with Gasteiger partial charge in [-0.1, -0.05) is 51.1 Å². The molecule has 150 valence electrons. The van der Waals surface area contributed by atoms with Gasteiger partial charge in [-0.3, -0.25) is 9.59 Å². The summed E-state index contributed by atoms with van der Waals surface area (Å²) in [6.07, 6.45) is 2.71. The molecule has 0 saturated carbocycles. The van der Waals surface area contributed by atoms with Crippen molar-refractivity contribution in [1.82, 2.24) is 10.2 Å². The van der Waals surface area contributed by atoms with Crippen LogP contribution in [0.1, 0.15) is 60.5 Å². The quantitative estimate of drug-likeness (QED) is 0.768. The SMILES string of the molecule is CCc1ccc(C(NC(=O)C2CCCN(C(=O)c3cccs3)C2)C(C)C)cc1. The maximum Gasteiger partial charge on any atom is 0.263 e. The van der Waals surface area contributed by atoms with Crippen molar-refractivity contribution in [3.63, 3.8) is 0 Å². The highest BCUT2D eigenvalue weighted by molar-refractivity contribution is 7.12. The molecule has 1 saturated heterocycles. The average Bonchev–Trinajstić information content (AvgIpc) is 3.26. The Labute approximate surface area is 172 Å². The lowest BCUT2D eigenvalue weighted by Crippen LogP contribution is -2.46. The van der Waals surface area contributed by atoms with E-state index in [4.69, 9.17) is 0 Å². The van der Waals surface area contributed by atoms with E-state index in [2.05, 4.69) is 50.4 Å². The van der Waals surface area contributed by atoms with Crippen molar-refractivity contribution < 1.29 is 9.59 Å². The van der Waals surface area contributed by atoms with E-state index in [1.54, 1.807) is 0 Å². The van der Waals surface area contributed by atoms with Gasteiger partial charge in [-0.25, -0.2) is 0 Å². The fraction of sp³-hybridized carbons (Fsp3) is 0.478. The van der Waals surface area contributed by atoms with E-state index in [1.807, 2.05) is 22.4 Å². The second kappa shape index (κ2) is 9.37. The van der Waals surface area contributed by atoms with Gasteiger partial charge in [0.25, 0.3) is 5.91 Å². The third-order valence-electron chi connectivity index (χ3n) is 5.52. The summed E-state index contributed by atoms with van der Waals surface area (Å²) in [5.41, 5.74) is 2.44. The van der Waals surface area contributed by atoms with Gasteiger partial charge in [-0.05, 0) is 47.8 Å². The zero-order valence-corrected chi connectivity index (χ0v) is 17.8. The lowest BCUT2D eigenvalue weighted by Gasteiger charge is -2.33. The third-order valence-corrected chi connectivity index (χ3v) is 6.38. The highest BCUT2D eigenvalue weighted by atomic mass is 32.1. The van der Waals surface area contributed by atoms with E-state index in [1.165, 1.54) is 16.9 Å². The van der Waals surface area contributed by atoms with Crippen LogP contribution >= 0.6 is 11.3 Å². The first-order valence-electron chi connectivity index (χ1n) is 10.2. The van der Waals surface area contributed by atoms with Crippen LogP contribution in [0.15, 0.2) is 41.8 Å². The van der Waals surface area contributed by atoms with Crippen LogP contribution < -0.4 is 5.32 Å². The fourth-order valence-electron chi connectivity index (χ4n) is 3.80. The molecule has 2 atom stereocenters. The molecule has 0 aliphatic carbocycles. The van der Waals surface area contributed by atoms with Gasteiger partial charge < -0.3 is 10.2 Å². The molecule has 1 aliphatic heterocycles. The minimum atomic E-state index is -0.145. The molecule has 1 N–H and O–H groups in total. The molecule has 4 nitrogen and oxygen atoms in total. The number of hydrogen-bond donors (Lipinski definition) is 1. The van der Waals surface area contributed by atoms with Gasteiger partial charge in [-0.2, -0.15) is 0 Å². The van der Waals surface area contributed by atoms with Gasteiger partial charge in [0.1, 0.15) is 0 Å². The minimum absolute atomic E-state index is 0.0122. The molecular weight excluding hydrogens is 368 g/mol.